The second-order valence-electron chi connectivity index (χ2n) is 7.33. The Bertz CT molecular complexity index is 900. The average molecular weight is 405 g/mol. The topological polar surface area (TPSA) is 23.6 Å². The maximum atomic E-state index is 13.4. The van der Waals surface area contributed by atoms with Gasteiger partial charge in [0.05, 0.1) is 0 Å². The van der Waals surface area contributed by atoms with Crippen LogP contribution in [0.4, 0.5) is 14.5 Å². The molecule has 0 N–H and O–H groups in total. The van der Waals surface area contributed by atoms with Crippen LogP contribution in [-0.2, 0) is 6.42 Å². The molecule has 0 radical (unpaired) electrons. The number of aryl methyl sites for hydroxylation is 1. The highest BCUT2D eigenvalue weighted by Gasteiger charge is 2.23. The Balaban J connectivity index is 0.00000225. The highest BCUT2D eigenvalue weighted by Crippen LogP contribution is 2.30. The van der Waals surface area contributed by atoms with Gasteiger partial charge in [0, 0.05) is 49.1 Å². The summed E-state index contributed by atoms with van der Waals surface area (Å²) < 4.78 is 26.8. The molecule has 0 unspecified atom stereocenters. The summed E-state index contributed by atoms with van der Waals surface area (Å²) in [5.74, 6) is -1.32. The maximum absolute atomic E-state index is 13.4. The highest BCUT2D eigenvalue weighted by molar-refractivity contribution is 6.13. The van der Waals surface area contributed by atoms with Crippen molar-refractivity contribution in [3.8, 4) is 0 Å². The van der Waals surface area contributed by atoms with E-state index in [1.54, 1.807) is 6.08 Å². The van der Waals surface area contributed by atoms with Crippen LogP contribution in [0.2, 0.25) is 0 Å². The molecular weight excluding hydrogens is 382 g/mol. The van der Waals surface area contributed by atoms with E-state index in [0.717, 1.165) is 49.9 Å². The monoisotopic (exact) mass is 404 g/mol. The van der Waals surface area contributed by atoms with Gasteiger partial charge in [-0.2, -0.15) is 0 Å². The molecule has 1 fully saturated rings. The Labute approximate surface area is 170 Å². The third kappa shape index (κ3) is 4.26. The third-order valence-corrected chi connectivity index (χ3v) is 5.38. The molecule has 28 heavy (non-hydrogen) atoms. The third-order valence-electron chi connectivity index (χ3n) is 5.38. The number of likely N-dealkylation sites (N-methyl/N-ethyl adjacent to an activating group) is 1. The van der Waals surface area contributed by atoms with E-state index in [-0.39, 0.29) is 18.2 Å². The van der Waals surface area contributed by atoms with Crippen LogP contribution in [-0.4, -0.2) is 43.9 Å². The van der Waals surface area contributed by atoms with Gasteiger partial charge in [0.15, 0.2) is 5.78 Å². The number of ketones is 1. The van der Waals surface area contributed by atoms with Crippen molar-refractivity contribution < 1.29 is 13.6 Å². The van der Waals surface area contributed by atoms with Gasteiger partial charge in [-0.3, -0.25) is 4.79 Å². The van der Waals surface area contributed by atoms with E-state index < -0.39 is 11.6 Å². The van der Waals surface area contributed by atoms with Crippen molar-refractivity contribution in [1.82, 2.24) is 4.90 Å². The van der Waals surface area contributed by atoms with Crippen LogP contribution >= 0.6 is 12.4 Å². The first-order valence-corrected chi connectivity index (χ1v) is 9.27. The van der Waals surface area contributed by atoms with Crippen LogP contribution in [0, 0.1) is 11.6 Å². The zero-order valence-corrected chi connectivity index (χ0v) is 16.6. The van der Waals surface area contributed by atoms with Crippen LogP contribution in [0.3, 0.4) is 0 Å². The van der Waals surface area contributed by atoms with Crippen LogP contribution in [0.15, 0.2) is 42.0 Å². The second kappa shape index (κ2) is 8.41. The second-order valence-corrected chi connectivity index (χ2v) is 7.33. The highest BCUT2D eigenvalue weighted by atomic mass is 35.5. The number of piperazine rings is 1. The van der Waals surface area contributed by atoms with Gasteiger partial charge in [-0.15, -0.1) is 12.4 Å². The van der Waals surface area contributed by atoms with Gasteiger partial charge in [-0.25, -0.2) is 8.78 Å². The Hall–Kier alpha value is -2.24. The molecule has 2 aromatic carbocycles. The molecule has 1 heterocycles. The molecule has 1 saturated heterocycles. The van der Waals surface area contributed by atoms with E-state index in [0.29, 0.717) is 23.1 Å². The van der Waals surface area contributed by atoms with Crippen molar-refractivity contribution in [2.45, 2.75) is 12.8 Å². The quantitative estimate of drug-likeness (QED) is 0.695. The first-order valence-electron chi connectivity index (χ1n) is 9.27. The largest absolute Gasteiger partial charge is 0.369 e. The average Bonchev–Trinajstić information content (AvgIpc) is 2.64. The minimum absolute atomic E-state index is 0. The standard InChI is InChI=1S/C22H22F2N2O.ClH/c1-25-6-8-26(9-7-25)20-4-5-21-16(13-20)2-3-17(22(21)27)10-15-11-18(23)14-19(24)12-15;/h4-5,10-14H,2-3,6-9H2,1H3;1H/b17-10+;. The number of fused-ring (bicyclic) bond motifs is 1. The van der Waals surface area contributed by atoms with E-state index in [2.05, 4.69) is 22.9 Å². The predicted octanol–water partition coefficient (Wildman–Crippen LogP) is 4.35. The van der Waals surface area contributed by atoms with Crippen LogP contribution in [0.1, 0.15) is 27.9 Å². The first kappa shape index (κ1) is 20.5. The normalized spacial score (nSPS) is 18.8. The van der Waals surface area contributed by atoms with E-state index in [1.165, 1.54) is 12.1 Å². The Morgan fingerprint density at radius 2 is 1.61 bits per heavy atom. The molecule has 148 valence electrons. The lowest BCUT2D eigenvalue weighted by molar-refractivity contribution is 0.102. The zero-order valence-electron chi connectivity index (χ0n) is 15.8. The fourth-order valence-corrected chi connectivity index (χ4v) is 3.82. The van der Waals surface area contributed by atoms with E-state index >= 15 is 0 Å². The lowest BCUT2D eigenvalue weighted by Crippen LogP contribution is -2.44. The molecule has 6 heteroatoms. The van der Waals surface area contributed by atoms with Crippen LogP contribution in [0.5, 0.6) is 0 Å². The molecule has 1 aliphatic heterocycles. The zero-order chi connectivity index (χ0) is 19.0. The lowest BCUT2D eigenvalue weighted by Gasteiger charge is -2.34. The van der Waals surface area contributed by atoms with E-state index in [1.807, 2.05) is 12.1 Å². The molecule has 0 saturated carbocycles. The molecule has 2 aromatic rings. The number of benzene rings is 2. The number of rotatable bonds is 2. The van der Waals surface area contributed by atoms with Gasteiger partial charge in [0.1, 0.15) is 11.6 Å². The number of halogens is 3. The molecule has 3 nitrogen and oxygen atoms in total. The molecule has 0 aromatic heterocycles. The summed E-state index contributed by atoms with van der Waals surface area (Å²) in [7, 11) is 2.13. The number of Topliss-reactive ketones (excluding diaryl/α,β-unsaturated/α-hetero) is 1. The van der Waals surface area contributed by atoms with E-state index in [9.17, 15) is 13.6 Å². The molecular formula is C22H23ClF2N2O. The van der Waals surface area contributed by atoms with Gasteiger partial charge in [0.25, 0.3) is 0 Å². The summed E-state index contributed by atoms with van der Waals surface area (Å²) in [5, 5.41) is 0. The van der Waals surface area contributed by atoms with Gasteiger partial charge in [-0.1, -0.05) is 0 Å². The predicted molar refractivity (Wildman–Crippen MR) is 110 cm³/mol. The van der Waals surface area contributed by atoms with E-state index in [4.69, 9.17) is 0 Å². The van der Waals surface area contributed by atoms with Gasteiger partial charge < -0.3 is 9.80 Å². The van der Waals surface area contributed by atoms with Crippen LogP contribution in [0.25, 0.3) is 6.08 Å². The summed E-state index contributed by atoms with van der Waals surface area (Å²) in [5.41, 5.74) is 3.89. The number of hydrogen-bond donors (Lipinski definition) is 0. The molecule has 0 atom stereocenters. The molecule has 4 rings (SSSR count). The fraction of sp³-hybridized carbons (Fsp3) is 0.318. The van der Waals surface area contributed by atoms with Gasteiger partial charge >= 0.3 is 0 Å². The van der Waals surface area contributed by atoms with Crippen LogP contribution < -0.4 is 4.90 Å². The van der Waals surface area contributed by atoms with Crippen molar-refractivity contribution in [3.63, 3.8) is 0 Å². The first-order chi connectivity index (χ1) is 13.0. The number of anilines is 1. The molecule has 2 aliphatic rings. The van der Waals surface area contributed by atoms with Crippen molar-refractivity contribution in [3.05, 3.63) is 70.3 Å². The van der Waals surface area contributed by atoms with Crippen molar-refractivity contribution >= 4 is 30.0 Å². The van der Waals surface area contributed by atoms with Crippen molar-refractivity contribution in [2.24, 2.45) is 0 Å². The number of hydrogen-bond acceptors (Lipinski definition) is 3. The number of carbonyl (C=O) groups excluding carboxylic acids is 1. The van der Waals surface area contributed by atoms with Gasteiger partial charge in [-0.05, 0) is 67.4 Å². The summed E-state index contributed by atoms with van der Waals surface area (Å²) in [6.07, 6.45) is 2.94. The Morgan fingerprint density at radius 1 is 0.929 bits per heavy atom. The number of carbonyl (C=O) groups is 1. The summed E-state index contributed by atoms with van der Waals surface area (Å²) in [6, 6.07) is 9.35. The SMILES string of the molecule is CN1CCN(c2ccc3c(c2)CC/C(=C\c2cc(F)cc(F)c2)C3=O)CC1.Cl. The Morgan fingerprint density at radius 3 is 2.29 bits per heavy atom. The Kier molecular flexibility index (Phi) is 6.16. The number of allylic oxidation sites excluding steroid dienone is 1. The minimum Gasteiger partial charge on any atom is -0.369 e. The fourth-order valence-electron chi connectivity index (χ4n) is 3.82. The summed E-state index contributed by atoms with van der Waals surface area (Å²) in [4.78, 5) is 17.5. The molecule has 1 aliphatic carbocycles. The molecule has 0 spiro atoms. The van der Waals surface area contributed by atoms with Crippen molar-refractivity contribution in [2.75, 3.05) is 38.1 Å². The van der Waals surface area contributed by atoms with Crippen molar-refractivity contribution in [1.29, 1.82) is 0 Å². The smallest absolute Gasteiger partial charge is 0.189 e. The summed E-state index contributed by atoms with van der Waals surface area (Å²) >= 11 is 0. The van der Waals surface area contributed by atoms with Gasteiger partial charge in [0.2, 0.25) is 0 Å². The molecule has 0 bridgehead atoms. The minimum atomic E-state index is -0.637. The lowest BCUT2D eigenvalue weighted by atomic mass is 9.85. The maximum Gasteiger partial charge on any atom is 0.189 e. The molecule has 0 amide bonds. The number of nitrogens with zero attached hydrogens (tertiary/aromatic N) is 2. The summed E-state index contributed by atoms with van der Waals surface area (Å²) in [6.45, 7) is 4.04.